The van der Waals surface area contributed by atoms with E-state index in [2.05, 4.69) is 37.0 Å². The third kappa shape index (κ3) is 6.56. The first kappa shape index (κ1) is 29.1. The highest BCUT2D eigenvalue weighted by Crippen LogP contribution is 2.35. The minimum Gasteiger partial charge on any atom is -0.490 e. The summed E-state index contributed by atoms with van der Waals surface area (Å²) < 4.78 is 15.0. The summed E-state index contributed by atoms with van der Waals surface area (Å²) in [7, 11) is 0. The molecule has 4 aromatic rings. The molecule has 1 heterocycles. The zero-order valence-electron chi connectivity index (χ0n) is 21.8. The summed E-state index contributed by atoms with van der Waals surface area (Å²) in [5, 5.41) is 6.30. The average molecular weight is 708 g/mol. The van der Waals surface area contributed by atoms with Crippen molar-refractivity contribution in [2.45, 2.75) is 51.6 Å². The van der Waals surface area contributed by atoms with Gasteiger partial charge in [-0.2, -0.15) is 9.78 Å². The van der Waals surface area contributed by atoms with Crippen LogP contribution in [0.15, 0.2) is 67.4 Å². The van der Waals surface area contributed by atoms with Crippen molar-refractivity contribution in [1.82, 2.24) is 9.66 Å². The predicted molar refractivity (Wildman–Crippen MR) is 169 cm³/mol. The monoisotopic (exact) mass is 705 g/mol. The van der Waals surface area contributed by atoms with Crippen LogP contribution in [0.4, 0.5) is 0 Å². The Hall–Kier alpha value is -2.39. The van der Waals surface area contributed by atoms with Crippen molar-refractivity contribution in [3.05, 3.63) is 94.8 Å². The summed E-state index contributed by atoms with van der Waals surface area (Å²) in [6, 6.07) is 14.5. The SMILES string of the molecule is CCOc1cc(C=Nn2c(C3CCCCC3)nc3ccc(Br)cc3c2=O)c(Br)cc1OCc1ccc(Cl)cc1Cl. The normalized spacial score (nSPS) is 14.2. The fourth-order valence-electron chi connectivity index (χ4n) is 4.85. The molecule has 5 rings (SSSR count). The van der Waals surface area contributed by atoms with Gasteiger partial charge in [-0.3, -0.25) is 4.79 Å². The highest BCUT2D eigenvalue weighted by Gasteiger charge is 2.23. The van der Waals surface area contributed by atoms with Crippen LogP contribution in [0.3, 0.4) is 0 Å². The van der Waals surface area contributed by atoms with Crippen molar-refractivity contribution < 1.29 is 9.47 Å². The minimum atomic E-state index is -0.191. The molecule has 1 aliphatic rings. The lowest BCUT2D eigenvalue weighted by Crippen LogP contribution is -2.25. The number of hydrogen-bond donors (Lipinski definition) is 0. The maximum Gasteiger partial charge on any atom is 0.282 e. The summed E-state index contributed by atoms with van der Waals surface area (Å²) in [5.74, 6) is 1.99. The van der Waals surface area contributed by atoms with Crippen molar-refractivity contribution in [3.63, 3.8) is 0 Å². The first-order chi connectivity index (χ1) is 19.3. The van der Waals surface area contributed by atoms with E-state index in [9.17, 15) is 4.79 Å². The van der Waals surface area contributed by atoms with E-state index in [-0.39, 0.29) is 18.1 Å². The molecule has 208 valence electrons. The molecule has 1 saturated carbocycles. The molecule has 40 heavy (non-hydrogen) atoms. The van der Waals surface area contributed by atoms with Gasteiger partial charge < -0.3 is 9.47 Å². The molecule has 1 fully saturated rings. The van der Waals surface area contributed by atoms with Crippen molar-refractivity contribution in [1.29, 1.82) is 0 Å². The number of hydrogen-bond acceptors (Lipinski definition) is 5. The standard InChI is InChI=1S/C30H27Br2Cl2N3O3/c1-2-39-27-12-20(24(32)15-28(27)40-17-19-8-10-22(33)14-25(19)34)16-35-37-29(18-6-4-3-5-7-18)36-26-11-9-21(31)13-23(26)30(37)38/h8-16,18H,2-7,17H2,1H3. The molecule has 6 nitrogen and oxygen atoms in total. The van der Waals surface area contributed by atoms with Gasteiger partial charge in [0.1, 0.15) is 12.4 Å². The Balaban J connectivity index is 1.51. The van der Waals surface area contributed by atoms with E-state index in [4.69, 9.17) is 37.7 Å². The van der Waals surface area contributed by atoms with Crippen molar-refractivity contribution >= 4 is 72.2 Å². The van der Waals surface area contributed by atoms with E-state index in [1.165, 1.54) is 11.1 Å². The molecule has 3 aromatic carbocycles. The van der Waals surface area contributed by atoms with Gasteiger partial charge in [0, 0.05) is 36.0 Å². The van der Waals surface area contributed by atoms with E-state index in [0.717, 1.165) is 45.8 Å². The van der Waals surface area contributed by atoms with Gasteiger partial charge >= 0.3 is 0 Å². The molecule has 0 atom stereocenters. The molecular weight excluding hydrogens is 681 g/mol. The summed E-state index contributed by atoms with van der Waals surface area (Å²) in [6.45, 7) is 2.60. The lowest BCUT2D eigenvalue weighted by molar-refractivity contribution is 0.269. The Bertz CT molecular complexity index is 1640. The summed E-state index contributed by atoms with van der Waals surface area (Å²) >= 11 is 19.5. The number of rotatable bonds is 8. The fourth-order valence-corrected chi connectivity index (χ4v) is 6.10. The molecule has 0 spiro atoms. The van der Waals surface area contributed by atoms with Crippen LogP contribution in [0.5, 0.6) is 11.5 Å². The second-order valence-corrected chi connectivity index (χ2v) is 12.2. The topological polar surface area (TPSA) is 65.7 Å². The van der Waals surface area contributed by atoms with E-state index in [0.29, 0.717) is 44.9 Å². The molecule has 1 aliphatic carbocycles. The Morgan fingerprint density at radius 2 is 1.80 bits per heavy atom. The molecule has 0 N–H and O–H groups in total. The Morgan fingerprint density at radius 1 is 1.02 bits per heavy atom. The van der Waals surface area contributed by atoms with Crippen molar-refractivity contribution in [2.24, 2.45) is 5.10 Å². The summed E-state index contributed by atoms with van der Waals surface area (Å²) in [4.78, 5) is 18.6. The van der Waals surface area contributed by atoms with Crippen LogP contribution < -0.4 is 15.0 Å². The Kier molecular flexibility index (Phi) is 9.51. The van der Waals surface area contributed by atoms with Crippen molar-refractivity contribution in [2.75, 3.05) is 6.61 Å². The lowest BCUT2D eigenvalue weighted by Gasteiger charge is -2.22. The van der Waals surface area contributed by atoms with E-state index in [1.807, 2.05) is 37.3 Å². The quantitative estimate of drug-likeness (QED) is 0.171. The fraction of sp³-hybridized carbons (Fsp3) is 0.300. The van der Waals surface area contributed by atoms with Crippen LogP contribution in [0.25, 0.3) is 10.9 Å². The predicted octanol–water partition coefficient (Wildman–Crippen LogP) is 9.14. The number of halogens is 4. The van der Waals surface area contributed by atoms with Gasteiger partial charge in [-0.15, -0.1) is 0 Å². The highest BCUT2D eigenvalue weighted by atomic mass is 79.9. The molecule has 0 unspecified atom stereocenters. The van der Waals surface area contributed by atoms with E-state index < -0.39 is 0 Å². The molecule has 0 radical (unpaired) electrons. The molecule has 0 amide bonds. The number of fused-ring (bicyclic) bond motifs is 1. The number of aromatic nitrogens is 2. The molecule has 0 aliphatic heterocycles. The van der Waals surface area contributed by atoms with Crippen LogP contribution in [0.2, 0.25) is 10.0 Å². The first-order valence-corrected chi connectivity index (χ1v) is 15.5. The van der Waals surface area contributed by atoms with Gasteiger partial charge in [0.25, 0.3) is 5.56 Å². The Morgan fingerprint density at radius 3 is 2.55 bits per heavy atom. The van der Waals surface area contributed by atoms with Gasteiger partial charge in [0.15, 0.2) is 11.5 Å². The van der Waals surface area contributed by atoms with E-state index in [1.54, 1.807) is 24.4 Å². The summed E-state index contributed by atoms with van der Waals surface area (Å²) in [5.41, 5.74) is 2.03. The lowest BCUT2D eigenvalue weighted by atomic mass is 9.88. The molecular formula is C30H27Br2Cl2N3O3. The average Bonchev–Trinajstić information content (AvgIpc) is 2.94. The smallest absolute Gasteiger partial charge is 0.282 e. The third-order valence-electron chi connectivity index (χ3n) is 6.88. The second kappa shape index (κ2) is 13.1. The maximum absolute atomic E-state index is 13.7. The zero-order chi connectivity index (χ0) is 28.2. The Labute approximate surface area is 259 Å². The van der Waals surface area contributed by atoms with Crippen LogP contribution in [0, 0.1) is 0 Å². The largest absolute Gasteiger partial charge is 0.490 e. The van der Waals surface area contributed by atoms with Gasteiger partial charge in [0.2, 0.25) is 0 Å². The van der Waals surface area contributed by atoms with Gasteiger partial charge in [-0.1, -0.05) is 64.5 Å². The van der Waals surface area contributed by atoms with Crippen molar-refractivity contribution in [3.8, 4) is 11.5 Å². The molecule has 0 bridgehead atoms. The summed E-state index contributed by atoms with van der Waals surface area (Å²) in [6.07, 6.45) is 7.09. The zero-order valence-corrected chi connectivity index (χ0v) is 26.5. The molecule has 1 aromatic heterocycles. The first-order valence-electron chi connectivity index (χ1n) is 13.1. The second-order valence-electron chi connectivity index (χ2n) is 9.61. The van der Waals surface area contributed by atoms with Gasteiger partial charge in [-0.25, -0.2) is 4.98 Å². The third-order valence-corrected chi connectivity index (χ3v) is 8.64. The van der Waals surface area contributed by atoms with Crippen LogP contribution in [-0.4, -0.2) is 22.5 Å². The number of benzene rings is 3. The minimum absolute atomic E-state index is 0.185. The maximum atomic E-state index is 13.7. The van der Waals surface area contributed by atoms with Gasteiger partial charge in [0.05, 0.1) is 23.7 Å². The highest BCUT2D eigenvalue weighted by molar-refractivity contribution is 9.10. The number of ether oxygens (including phenoxy) is 2. The molecule has 0 saturated heterocycles. The van der Waals surface area contributed by atoms with Crippen LogP contribution >= 0.6 is 55.1 Å². The molecule has 10 heteroatoms. The van der Waals surface area contributed by atoms with Crippen LogP contribution in [-0.2, 0) is 6.61 Å². The van der Waals surface area contributed by atoms with E-state index >= 15 is 0 Å². The van der Waals surface area contributed by atoms with Gasteiger partial charge in [-0.05, 0) is 78.2 Å². The van der Waals surface area contributed by atoms with Crippen LogP contribution in [0.1, 0.15) is 61.9 Å². The number of nitrogens with zero attached hydrogens (tertiary/aromatic N) is 3.